The molecule has 2 aliphatic rings. The van der Waals surface area contributed by atoms with E-state index in [2.05, 4.69) is 74.8 Å². The fraction of sp³-hybridized carbons (Fsp3) is 0.182. The van der Waals surface area contributed by atoms with Crippen LogP contribution in [0.25, 0.3) is 0 Å². The average molecular weight is 766 g/mol. The summed E-state index contributed by atoms with van der Waals surface area (Å²) in [6.07, 6.45) is 0. The number of benzene rings is 3. The number of aromatic nitrogens is 1. The van der Waals surface area contributed by atoms with Gasteiger partial charge >= 0.3 is 5.97 Å². The molecule has 0 saturated carbocycles. The van der Waals surface area contributed by atoms with Gasteiger partial charge in [-0.2, -0.15) is 0 Å². The average Bonchev–Trinajstić information content (AvgIpc) is 3.56. The molecule has 1 fully saturated rings. The van der Waals surface area contributed by atoms with Gasteiger partial charge in [0.25, 0.3) is 11.8 Å². The molecule has 0 aliphatic carbocycles. The molecule has 0 radical (unpaired) electrons. The van der Waals surface area contributed by atoms with Gasteiger partial charge in [0.2, 0.25) is 0 Å². The summed E-state index contributed by atoms with van der Waals surface area (Å²) in [4.78, 5) is 49.6. The Labute approximate surface area is 287 Å². The molecule has 4 aromatic rings. The molecule has 13 heteroatoms. The van der Waals surface area contributed by atoms with Crippen LogP contribution < -0.4 is 10.6 Å². The van der Waals surface area contributed by atoms with E-state index in [0.29, 0.717) is 20.9 Å². The van der Waals surface area contributed by atoms with Gasteiger partial charge in [-0.25, -0.2) is 9.78 Å². The molecule has 234 valence electrons. The molecule has 0 spiro atoms. The van der Waals surface area contributed by atoms with Crippen molar-refractivity contribution in [2.45, 2.75) is 17.0 Å². The maximum atomic E-state index is 13.6. The number of nitrogens with one attached hydrogen (secondary N) is 2. The van der Waals surface area contributed by atoms with E-state index in [4.69, 9.17) is 9.82 Å². The monoisotopic (exact) mass is 765 g/mol. The van der Waals surface area contributed by atoms with Crippen LogP contribution in [0.15, 0.2) is 113 Å². The number of alkyl halides is 1. The lowest BCUT2D eigenvalue weighted by atomic mass is 9.77. The van der Waals surface area contributed by atoms with E-state index in [1.54, 1.807) is 5.38 Å². The van der Waals surface area contributed by atoms with Gasteiger partial charge in [-0.1, -0.05) is 119 Å². The third-order valence-electron chi connectivity index (χ3n) is 7.76. The SMILES string of the molecule is CON=C(C(=O)N[C@H]1C(=O)N2C(C(=O)O)=C(CI)CSC12)c1csc(NC(c2ccccc2)(c2ccccc2)c2ccccc2)n1. The molecule has 2 aliphatic heterocycles. The third-order valence-corrected chi connectivity index (χ3v) is 10.8. The van der Waals surface area contributed by atoms with Gasteiger partial charge in [-0.15, -0.1) is 23.1 Å². The molecule has 0 bridgehead atoms. The molecule has 46 heavy (non-hydrogen) atoms. The van der Waals surface area contributed by atoms with Crippen LogP contribution in [0.3, 0.4) is 0 Å². The largest absolute Gasteiger partial charge is 0.477 e. The number of carbonyl (C=O) groups is 3. The first-order valence-corrected chi connectivity index (χ1v) is 17.6. The predicted octanol–water partition coefficient (Wildman–Crippen LogP) is 5.07. The number of halogens is 1. The minimum Gasteiger partial charge on any atom is -0.477 e. The molecule has 10 nitrogen and oxygen atoms in total. The highest BCUT2D eigenvalue weighted by Gasteiger charge is 2.54. The molecule has 1 saturated heterocycles. The van der Waals surface area contributed by atoms with Crippen LogP contribution in [-0.4, -0.2) is 67.2 Å². The van der Waals surface area contributed by atoms with Gasteiger partial charge < -0.3 is 20.6 Å². The highest BCUT2D eigenvalue weighted by atomic mass is 127. The van der Waals surface area contributed by atoms with Gasteiger partial charge in [0.1, 0.15) is 35.5 Å². The van der Waals surface area contributed by atoms with Crippen LogP contribution in [-0.2, 0) is 24.8 Å². The van der Waals surface area contributed by atoms with E-state index in [1.807, 2.05) is 54.6 Å². The number of carbonyl (C=O) groups excluding carboxylic acids is 2. The van der Waals surface area contributed by atoms with E-state index < -0.39 is 34.7 Å². The predicted molar refractivity (Wildman–Crippen MR) is 187 cm³/mol. The number of anilines is 1. The Morgan fingerprint density at radius 2 is 1.59 bits per heavy atom. The van der Waals surface area contributed by atoms with Gasteiger partial charge in [-0.3, -0.25) is 14.5 Å². The Balaban J connectivity index is 1.30. The molecule has 3 aromatic carbocycles. The number of thioether (sulfide) groups is 1. The summed E-state index contributed by atoms with van der Waals surface area (Å²) in [6, 6.07) is 29.3. The van der Waals surface area contributed by atoms with Crippen molar-refractivity contribution in [3.05, 3.63) is 130 Å². The molecule has 6 rings (SSSR count). The van der Waals surface area contributed by atoms with Gasteiger partial charge in [0.15, 0.2) is 10.8 Å². The van der Waals surface area contributed by atoms with E-state index in [9.17, 15) is 19.5 Å². The first-order valence-electron chi connectivity index (χ1n) is 14.2. The van der Waals surface area contributed by atoms with Gasteiger partial charge in [-0.05, 0) is 22.3 Å². The number of fused-ring (bicyclic) bond motifs is 1. The zero-order valence-electron chi connectivity index (χ0n) is 24.4. The third kappa shape index (κ3) is 5.78. The summed E-state index contributed by atoms with van der Waals surface area (Å²) in [6.45, 7) is 0. The zero-order valence-corrected chi connectivity index (χ0v) is 28.2. The number of amides is 2. The van der Waals surface area contributed by atoms with Crippen molar-refractivity contribution in [2.75, 3.05) is 22.6 Å². The number of β-lactam (4-membered cyclic amide) rings is 1. The Morgan fingerprint density at radius 1 is 1.02 bits per heavy atom. The molecule has 2 amide bonds. The van der Waals surface area contributed by atoms with E-state index >= 15 is 0 Å². The Bertz CT molecular complexity index is 1720. The summed E-state index contributed by atoms with van der Waals surface area (Å²) in [5.74, 6) is -1.84. The highest BCUT2D eigenvalue weighted by molar-refractivity contribution is 14.1. The minimum absolute atomic E-state index is 0.00613. The Kier molecular flexibility index (Phi) is 9.42. The molecule has 1 unspecified atom stereocenters. The summed E-state index contributed by atoms with van der Waals surface area (Å²) in [7, 11) is 1.33. The lowest BCUT2D eigenvalue weighted by molar-refractivity contribution is -0.150. The number of rotatable bonds is 11. The molecule has 3 N–H and O–H groups in total. The van der Waals surface area contributed by atoms with Crippen molar-refractivity contribution < 1.29 is 24.3 Å². The fourth-order valence-corrected chi connectivity index (χ4v) is 8.77. The van der Waals surface area contributed by atoms with Crippen molar-refractivity contribution in [1.82, 2.24) is 15.2 Å². The van der Waals surface area contributed by atoms with Crippen molar-refractivity contribution in [1.29, 1.82) is 0 Å². The molecular weight excluding hydrogens is 737 g/mol. The Morgan fingerprint density at radius 3 is 2.09 bits per heavy atom. The van der Waals surface area contributed by atoms with E-state index in [0.717, 1.165) is 16.7 Å². The van der Waals surface area contributed by atoms with Crippen LogP contribution >= 0.6 is 45.7 Å². The molecular formula is C33H28IN5O5S2. The smallest absolute Gasteiger partial charge is 0.352 e. The number of hydrogen-bond donors (Lipinski definition) is 3. The van der Waals surface area contributed by atoms with Crippen LogP contribution in [0.2, 0.25) is 0 Å². The second-order valence-corrected chi connectivity index (χ2v) is 13.1. The van der Waals surface area contributed by atoms with Gasteiger partial charge in [0, 0.05) is 15.6 Å². The number of carboxylic acids is 1. The second-order valence-electron chi connectivity index (χ2n) is 10.4. The van der Waals surface area contributed by atoms with Crippen molar-refractivity contribution >= 4 is 74.3 Å². The molecule has 3 heterocycles. The minimum atomic E-state index is -1.16. The highest BCUT2D eigenvalue weighted by Crippen LogP contribution is 2.42. The normalized spacial score (nSPS) is 18.0. The summed E-state index contributed by atoms with van der Waals surface area (Å²) >= 11 is 4.81. The molecule has 2 atom stereocenters. The maximum absolute atomic E-state index is 13.6. The van der Waals surface area contributed by atoms with E-state index in [-0.39, 0.29) is 17.1 Å². The first kappa shape index (κ1) is 31.8. The lowest BCUT2D eigenvalue weighted by Gasteiger charge is -2.49. The standard InChI is InChI=1S/C33H28IN5O5S2/c1-44-38-25(28(40)36-26-29(41)39-27(31(42)43)20(17-34)18-45-30(26)39)24-19-46-32(35-24)37-33(21-11-5-2-6-12-21,22-13-7-3-8-14-22)23-15-9-4-10-16-23/h2-16,19,26,30H,17-18H2,1H3,(H,35,37)(H,36,40)(H,42,43)/t26-,30?/m0/s1. The van der Waals surface area contributed by atoms with Crippen LogP contribution in [0.4, 0.5) is 5.13 Å². The van der Waals surface area contributed by atoms with Crippen molar-refractivity contribution in [2.24, 2.45) is 5.16 Å². The van der Waals surface area contributed by atoms with E-state index in [1.165, 1.54) is 35.1 Å². The number of oxime groups is 1. The summed E-state index contributed by atoms with van der Waals surface area (Å²) in [5, 5.41) is 21.8. The topological polar surface area (TPSA) is 133 Å². The van der Waals surface area contributed by atoms with Crippen molar-refractivity contribution in [3.63, 3.8) is 0 Å². The fourth-order valence-electron chi connectivity index (χ4n) is 5.67. The second kappa shape index (κ2) is 13.6. The van der Waals surface area contributed by atoms with Gasteiger partial charge in [0.05, 0.1) is 0 Å². The number of carboxylic acid groups (broad SMARTS) is 1. The first-order chi connectivity index (χ1) is 22.4. The number of hydrogen-bond acceptors (Lipinski definition) is 9. The Hall–Kier alpha value is -4.21. The number of thiazole rings is 1. The summed E-state index contributed by atoms with van der Waals surface area (Å²) in [5.41, 5.74) is 2.97. The molecule has 1 aromatic heterocycles. The quantitative estimate of drug-likeness (QED) is 0.0482. The lowest BCUT2D eigenvalue weighted by Crippen LogP contribution is -2.71. The maximum Gasteiger partial charge on any atom is 0.352 e. The summed E-state index contributed by atoms with van der Waals surface area (Å²) < 4.78 is 0.491. The van der Waals surface area contributed by atoms with Crippen molar-refractivity contribution in [3.8, 4) is 0 Å². The van der Waals surface area contributed by atoms with Crippen LogP contribution in [0.1, 0.15) is 22.4 Å². The number of aliphatic carboxylic acids is 1. The zero-order chi connectivity index (χ0) is 32.3. The van der Waals surface area contributed by atoms with Crippen LogP contribution in [0, 0.1) is 0 Å². The van der Waals surface area contributed by atoms with Crippen LogP contribution in [0.5, 0.6) is 0 Å². The number of nitrogens with zero attached hydrogens (tertiary/aromatic N) is 3.